The van der Waals surface area contributed by atoms with Gasteiger partial charge >= 0.3 is 0 Å². The molecule has 2 unspecified atom stereocenters. The SMILES string of the molecule is CCCCCCCCC(C=O)C(CO)OCCOCCO. The summed E-state index contributed by atoms with van der Waals surface area (Å²) in [4.78, 5) is 11.2. The Morgan fingerprint density at radius 1 is 1.00 bits per heavy atom. The summed E-state index contributed by atoms with van der Waals surface area (Å²) in [7, 11) is 0. The van der Waals surface area contributed by atoms with Crippen molar-refractivity contribution in [2.24, 2.45) is 5.92 Å². The molecule has 0 aromatic rings. The van der Waals surface area contributed by atoms with Gasteiger partial charge in [0.2, 0.25) is 0 Å². The molecule has 5 heteroatoms. The molecule has 0 aromatic heterocycles. The first kappa shape index (κ1) is 20.5. The number of rotatable bonds is 16. The fourth-order valence-corrected chi connectivity index (χ4v) is 2.24. The third-order valence-electron chi connectivity index (χ3n) is 3.52. The van der Waals surface area contributed by atoms with E-state index in [1.54, 1.807) is 0 Å². The second-order valence-corrected chi connectivity index (χ2v) is 5.28. The van der Waals surface area contributed by atoms with Crippen LogP contribution in [0.5, 0.6) is 0 Å². The van der Waals surface area contributed by atoms with Gasteiger partial charge in [-0.25, -0.2) is 0 Å². The first-order valence-electron chi connectivity index (χ1n) is 8.16. The molecule has 0 aromatic carbocycles. The minimum atomic E-state index is -0.448. The number of carbonyl (C=O) groups excluding carboxylic acids is 1. The predicted molar refractivity (Wildman–Crippen MR) is 82.3 cm³/mol. The van der Waals surface area contributed by atoms with Gasteiger partial charge in [-0.3, -0.25) is 0 Å². The number of aliphatic hydroxyl groups is 2. The molecule has 0 fully saturated rings. The largest absolute Gasteiger partial charge is 0.394 e. The van der Waals surface area contributed by atoms with Gasteiger partial charge in [0.1, 0.15) is 6.29 Å². The van der Waals surface area contributed by atoms with Gasteiger partial charge in [-0.2, -0.15) is 0 Å². The van der Waals surface area contributed by atoms with Crippen LogP contribution in [0.4, 0.5) is 0 Å². The van der Waals surface area contributed by atoms with Gasteiger partial charge in [0, 0.05) is 5.92 Å². The van der Waals surface area contributed by atoms with Crippen LogP contribution in [-0.4, -0.2) is 55.6 Å². The summed E-state index contributed by atoms with van der Waals surface area (Å²) in [5.74, 6) is -0.251. The Kier molecular flexibility index (Phi) is 15.5. The highest BCUT2D eigenvalue weighted by atomic mass is 16.5. The molecule has 2 N–H and O–H groups in total. The van der Waals surface area contributed by atoms with Gasteiger partial charge in [0.25, 0.3) is 0 Å². The molecule has 0 aliphatic heterocycles. The van der Waals surface area contributed by atoms with Crippen LogP contribution in [0.3, 0.4) is 0 Å². The molecule has 0 rings (SSSR count). The molecule has 0 radical (unpaired) electrons. The average Bonchev–Trinajstić information content (AvgIpc) is 2.51. The van der Waals surface area contributed by atoms with Crippen LogP contribution >= 0.6 is 0 Å². The maximum atomic E-state index is 11.2. The molecule has 0 bridgehead atoms. The zero-order valence-electron chi connectivity index (χ0n) is 13.3. The van der Waals surface area contributed by atoms with E-state index < -0.39 is 6.10 Å². The van der Waals surface area contributed by atoms with E-state index in [1.807, 2.05) is 0 Å². The van der Waals surface area contributed by atoms with E-state index in [-0.39, 0.29) is 25.7 Å². The maximum Gasteiger partial charge on any atom is 0.125 e. The Bertz CT molecular complexity index is 223. The van der Waals surface area contributed by atoms with Crippen molar-refractivity contribution in [3.05, 3.63) is 0 Å². The Labute approximate surface area is 128 Å². The third-order valence-corrected chi connectivity index (χ3v) is 3.52. The molecular weight excluding hydrogens is 272 g/mol. The molecular formula is C16H32O5. The van der Waals surface area contributed by atoms with Gasteiger partial charge in [-0.15, -0.1) is 0 Å². The Morgan fingerprint density at radius 2 is 1.71 bits per heavy atom. The second-order valence-electron chi connectivity index (χ2n) is 5.28. The third kappa shape index (κ3) is 11.8. The lowest BCUT2D eigenvalue weighted by Crippen LogP contribution is -2.30. The number of ether oxygens (including phenoxy) is 2. The Morgan fingerprint density at radius 3 is 2.33 bits per heavy atom. The quantitative estimate of drug-likeness (QED) is 0.337. The van der Waals surface area contributed by atoms with Crippen LogP contribution in [0.1, 0.15) is 51.9 Å². The van der Waals surface area contributed by atoms with Crippen LogP contribution in [0.2, 0.25) is 0 Å². The normalized spacial score (nSPS) is 14.0. The maximum absolute atomic E-state index is 11.2. The molecule has 0 aliphatic rings. The molecule has 21 heavy (non-hydrogen) atoms. The second kappa shape index (κ2) is 15.9. The summed E-state index contributed by atoms with van der Waals surface area (Å²) in [5.41, 5.74) is 0. The van der Waals surface area contributed by atoms with Crippen LogP contribution in [-0.2, 0) is 14.3 Å². The molecule has 0 amide bonds. The standard InChI is InChI=1S/C16H32O5/c1-2-3-4-5-6-7-8-15(13-18)16(14-19)21-12-11-20-10-9-17/h13,15-17,19H,2-12,14H2,1H3. The minimum Gasteiger partial charge on any atom is -0.394 e. The summed E-state index contributed by atoms with van der Waals surface area (Å²) in [6.07, 6.45) is 8.29. The Balaban J connectivity index is 3.78. The Hall–Kier alpha value is -0.490. The monoisotopic (exact) mass is 304 g/mol. The first-order chi connectivity index (χ1) is 10.3. The van der Waals surface area contributed by atoms with E-state index in [9.17, 15) is 9.90 Å². The zero-order chi connectivity index (χ0) is 15.8. The van der Waals surface area contributed by atoms with E-state index in [4.69, 9.17) is 14.6 Å². The zero-order valence-corrected chi connectivity index (χ0v) is 13.3. The topological polar surface area (TPSA) is 76.0 Å². The summed E-state index contributed by atoms with van der Waals surface area (Å²) in [5, 5.41) is 17.9. The smallest absolute Gasteiger partial charge is 0.125 e. The number of carbonyl (C=O) groups is 1. The van der Waals surface area contributed by atoms with Crippen molar-refractivity contribution in [1.82, 2.24) is 0 Å². The number of aliphatic hydroxyl groups excluding tert-OH is 2. The molecule has 0 heterocycles. The lowest BCUT2D eigenvalue weighted by Gasteiger charge is -2.21. The van der Waals surface area contributed by atoms with Crippen LogP contribution in [0, 0.1) is 5.92 Å². The molecule has 126 valence electrons. The van der Waals surface area contributed by atoms with Crippen molar-refractivity contribution in [3.8, 4) is 0 Å². The highest BCUT2D eigenvalue weighted by Crippen LogP contribution is 2.16. The van der Waals surface area contributed by atoms with Crippen molar-refractivity contribution < 1.29 is 24.5 Å². The number of hydrogen-bond donors (Lipinski definition) is 2. The number of aldehydes is 1. The van der Waals surface area contributed by atoms with Crippen molar-refractivity contribution in [2.45, 2.75) is 58.0 Å². The van der Waals surface area contributed by atoms with Crippen molar-refractivity contribution in [1.29, 1.82) is 0 Å². The van der Waals surface area contributed by atoms with E-state index in [1.165, 1.54) is 25.7 Å². The highest BCUT2D eigenvalue weighted by Gasteiger charge is 2.20. The van der Waals surface area contributed by atoms with Gasteiger partial charge in [0.05, 0.1) is 39.1 Å². The van der Waals surface area contributed by atoms with Gasteiger partial charge in [-0.05, 0) is 6.42 Å². The van der Waals surface area contributed by atoms with Gasteiger partial charge in [-0.1, -0.05) is 45.4 Å². The first-order valence-corrected chi connectivity index (χ1v) is 8.16. The summed E-state index contributed by atoms with van der Waals surface area (Å²) >= 11 is 0. The lowest BCUT2D eigenvalue weighted by molar-refractivity contribution is -0.119. The van der Waals surface area contributed by atoms with E-state index in [0.29, 0.717) is 13.2 Å². The summed E-state index contributed by atoms with van der Waals surface area (Å²) < 4.78 is 10.6. The van der Waals surface area contributed by atoms with Gasteiger partial charge < -0.3 is 24.5 Å². The number of unbranched alkanes of at least 4 members (excludes halogenated alkanes) is 5. The van der Waals surface area contributed by atoms with Crippen LogP contribution in [0.15, 0.2) is 0 Å². The fraction of sp³-hybridized carbons (Fsp3) is 0.938. The molecule has 0 saturated heterocycles. The fourth-order valence-electron chi connectivity index (χ4n) is 2.24. The molecule has 0 aliphatic carbocycles. The molecule has 2 atom stereocenters. The highest BCUT2D eigenvalue weighted by molar-refractivity contribution is 5.54. The van der Waals surface area contributed by atoms with E-state index >= 15 is 0 Å². The van der Waals surface area contributed by atoms with Crippen LogP contribution < -0.4 is 0 Å². The predicted octanol–water partition coefficient (Wildman–Crippen LogP) is 1.94. The molecule has 0 spiro atoms. The van der Waals surface area contributed by atoms with E-state index in [0.717, 1.165) is 25.5 Å². The van der Waals surface area contributed by atoms with Gasteiger partial charge in [0.15, 0.2) is 0 Å². The van der Waals surface area contributed by atoms with E-state index in [2.05, 4.69) is 6.92 Å². The summed E-state index contributed by atoms with van der Waals surface area (Å²) in [6.45, 7) is 2.99. The average molecular weight is 304 g/mol. The lowest BCUT2D eigenvalue weighted by atomic mass is 9.96. The van der Waals surface area contributed by atoms with Crippen molar-refractivity contribution in [2.75, 3.05) is 33.0 Å². The van der Waals surface area contributed by atoms with Crippen LogP contribution in [0.25, 0.3) is 0 Å². The minimum absolute atomic E-state index is 0.0155. The molecule has 0 saturated carbocycles. The summed E-state index contributed by atoms with van der Waals surface area (Å²) in [6, 6.07) is 0. The van der Waals surface area contributed by atoms with Crippen molar-refractivity contribution >= 4 is 6.29 Å². The number of hydrogen-bond acceptors (Lipinski definition) is 5. The molecule has 5 nitrogen and oxygen atoms in total. The van der Waals surface area contributed by atoms with Crippen molar-refractivity contribution in [3.63, 3.8) is 0 Å².